The van der Waals surface area contributed by atoms with Crippen molar-refractivity contribution in [2.45, 2.75) is 13.8 Å². The lowest BCUT2D eigenvalue weighted by Gasteiger charge is -2.13. The molecule has 2 aromatic rings. The summed E-state index contributed by atoms with van der Waals surface area (Å²) in [5, 5.41) is 0. The van der Waals surface area contributed by atoms with Gasteiger partial charge in [0.1, 0.15) is 5.82 Å². The third-order valence-corrected chi connectivity index (χ3v) is 4.45. The Bertz CT molecular complexity index is 940. The molecule has 0 unspecified atom stereocenters. The van der Waals surface area contributed by atoms with Crippen LogP contribution in [0.3, 0.4) is 0 Å². The van der Waals surface area contributed by atoms with E-state index in [0.29, 0.717) is 30.3 Å². The monoisotopic (exact) mass is 481 g/mol. The molecular formula is C20H17FINO4. The van der Waals surface area contributed by atoms with Crippen molar-refractivity contribution in [3.05, 3.63) is 62.6 Å². The summed E-state index contributed by atoms with van der Waals surface area (Å²) in [6.45, 7) is 4.77. The average Bonchev–Trinajstić information content (AvgIpc) is 2.99. The van der Waals surface area contributed by atoms with Crippen LogP contribution >= 0.6 is 22.6 Å². The average molecular weight is 481 g/mol. The molecule has 27 heavy (non-hydrogen) atoms. The summed E-state index contributed by atoms with van der Waals surface area (Å²) < 4.78 is 31.2. The molecule has 140 valence electrons. The Labute approximate surface area is 170 Å². The Balaban J connectivity index is 1.98. The minimum Gasteiger partial charge on any atom is -0.490 e. The molecule has 0 radical (unpaired) electrons. The second-order valence-corrected chi connectivity index (χ2v) is 6.67. The van der Waals surface area contributed by atoms with Crippen molar-refractivity contribution in [2.24, 2.45) is 4.99 Å². The number of esters is 1. The predicted octanol–water partition coefficient (Wildman–Crippen LogP) is 4.57. The minimum absolute atomic E-state index is 0.0463. The van der Waals surface area contributed by atoms with Crippen LogP contribution < -0.4 is 9.47 Å². The van der Waals surface area contributed by atoms with E-state index in [1.54, 1.807) is 24.3 Å². The topological polar surface area (TPSA) is 57.1 Å². The molecule has 0 N–H and O–H groups in total. The zero-order valence-corrected chi connectivity index (χ0v) is 16.9. The van der Waals surface area contributed by atoms with Gasteiger partial charge in [-0.1, -0.05) is 12.1 Å². The van der Waals surface area contributed by atoms with E-state index in [-0.39, 0.29) is 17.2 Å². The van der Waals surface area contributed by atoms with Crippen LogP contribution in [0.4, 0.5) is 4.39 Å². The summed E-state index contributed by atoms with van der Waals surface area (Å²) in [5.74, 6) is 0.0686. The Morgan fingerprint density at radius 1 is 1.19 bits per heavy atom. The number of rotatable bonds is 6. The molecule has 0 aromatic heterocycles. The van der Waals surface area contributed by atoms with Crippen LogP contribution in [0.15, 0.2) is 47.1 Å². The number of hydrogen-bond donors (Lipinski definition) is 0. The van der Waals surface area contributed by atoms with E-state index in [1.807, 2.05) is 19.9 Å². The third-order valence-electron chi connectivity index (χ3n) is 3.65. The molecule has 0 saturated heterocycles. The number of cyclic esters (lactones) is 1. The Morgan fingerprint density at radius 3 is 2.63 bits per heavy atom. The highest BCUT2D eigenvalue weighted by atomic mass is 127. The van der Waals surface area contributed by atoms with Gasteiger partial charge in [0, 0.05) is 0 Å². The summed E-state index contributed by atoms with van der Waals surface area (Å²) in [4.78, 5) is 16.3. The lowest BCUT2D eigenvalue weighted by Crippen LogP contribution is -2.07. The summed E-state index contributed by atoms with van der Waals surface area (Å²) in [5.41, 5.74) is 0.943. The Morgan fingerprint density at radius 2 is 1.93 bits per heavy atom. The molecule has 0 fully saturated rings. The van der Waals surface area contributed by atoms with Gasteiger partial charge in [-0.3, -0.25) is 0 Å². The number of aliphatic imine (C=N–C) groups is 1. The van der Waals surface area contributed by atoms with Crippen molar-refractivity contribution < 1.29 is 23.4 Å². The molecule has 3 rings (SSSR count). The molecule has 1 aliphatic rings. The first-order valence-electron chi connectivity index (χ1n) is 8.40. The molecule has 7 heteroatoms. The number of carbonyl (C=O) groups is 1. The molecule has 0 saturated carbocycles. The summed E-state index contributed by atoms with van der Waals surface area (Å²) in [6, 6.07) is 9.64. The fourth-order valence-electron chi connectivity index (χ4n) is 2.54. The van der Waals surface area contributed by atoms with E-state index in [9.17, 15) is 9.18 Å². The van der Waals surface area contributed by atoms with Gasteiger partial charge >= 0.3 is 5.97 Å². The first-order valence-corrected chi connectivity index (χ1v) is 9.48. The molecule has 0 amide bonds. The van der Waals surface area contributed by atoms with Crippen molar-refractivity contribution in [1.29, 1.82) is 0 Å². The standard InChI is InChI=1S/C20H17FINO4/c1-3-25-17-11-12(9-15(22)18(17)26-4-2)10-16-20(24)27-19(23-16)13-7-5-6-8-14(13)21/h5-11H,3-4H2,1-2H3. The van der Waals surface area contributed by atoms with Gasteiger partial charge in [-0.15, -0.1) is 0 Å². The normalized spacial score (nSPS) is 14.9. The van der Waals surface area contributed by atoms with Crippen LogP contribution in [-0.2, 0) is 9.53 Å². The first-order chi connectivity index (χ1) is 13.0. The molecule has 2 aromatic carbocycles. The van der Waals surface area contributed by atoms with Crippen LogP contribution in [0.2, 0.25) is 0 Å². The van der Waals surface area contributed by atoms with Gasteiger partial charge in [-0.25, -0.2) is 14.2 Å². The molecule has 0 aliphatic carbocycles. The first kappa shape index (κ1) is 19.3. The highest BCUT2D eigenvalue weighted by Gasteiger charge is 2.26. The zero-order chi connectivity index (χ0) is 19.4. The fourth-order valence-corrected chi connectivity index (χ4v) is 3.32. The Hall–Kier alpha value is -2.42. The molecule has 1 heterocycles. The van der Waals surface area contributed by atoms with Gasteiger partial charge in [0.15, 0.2) is 17.2 Å². The maximum atomic E-state index is 13.9. The van der Waals surface area contributed by atoms with Crippen molar-refractivity contribution >= 4 is 40.5 Å². The van der Waals surface area contributed by atoms with Gasteiger partial charge < -0.3 is 14.2 Å². The third kappa shape index (κ3) is 4.29. The molecule has 1 aliphatic heterocycles. The van der Waals surface area contributed by atoms with Gasteiger partial charge in [-0.05, 0) is 72.3 Å². The summed E-state index contributed by atoms with van der Waals surface area (Å²) in [7, 11) is 0. The fraction of sp³-hybridized carbons (Fsp3) is 0.200. The van der Waals surface area contributed by atoms with Gasteiger partial charge in [-0.2, -0.15) is 0 Å². The van der Waals surface area contributed by atoms with Crippen LogP contribution in [0.5, 0.6) is 11.5 Å². The minimum atomic E-state index is -0.630. The highest BCUT2D eigenvalue weighted by Crippen LogP contribution is 2.35. The quantitative estimate of drug-likeness (QED) is 0.345. The lowest BCUT2D eigenvalue weighted by molar-refractivity contribution is -0.129. The van der Waals surface area contributed by atoms with Crippen LogP contribution in [0, 0.1) is 9.39 Å². The second kappa shape index (κ2) is 8.51. The highest BCUT2D eigenvalue weighted by molar-refractivity contribution is 14.1. The van der Waals surface area contributed by atoms with Crippen molar-refractivity contribution in [3.8, 4) is 11.5 Å². The lowest BCUT2D eigenvalue weighted by atomic mass is 10.1. The number of nitrogens with zero attached hydrogens (tertiary/aromatic N) is 1. The van der Waals surface area contributed by atoms with E-state index in [1.165, 1.54) is 12.1 Å². The predicted molar refractivity (Wildman–Crippen MR) is 109 cm³/mol. The molecular weight excluding hydrogens is 464 g/mol. The largest absolute Gasteiger partial charge is 0.490 e. The number of benzene rings is 2. The van der Waals surface area contributed by atoms with Gasteiger partial charge in [0.25, 0.3) is 0 Å². The molecule has 0 spiro atoms. The smallest absolute Gasteiger partial charge is 0.363 e. The maximum absolute atomic E-state index is 13.9. The number of hydrogen-bond acceptors (Lipinski definition) is 5. The van der Waals surface area contributed by atoms with E-state index in [4.69, 9.17) is 14.2 Å². The zero-order valence-electron chi connectivity index (χ0n) is 14.8. The Kier molecular flexibility index (Phi) is 6.10. The van der Waals surface area contributed by atoms with E-state index in [0.717, 1.165) is 3.57 Å². The van der Waals surface area contributed by atoms with Gasteiger partial charge in [0.2, 0.25) is 5.90 Å². The van der Waals surface area contributed by atoms with Crippen LogP contribution in [-0.4, -0.2) is 25.1 Å². The molecule has 0 atom stereocenters. The summed E-state index contributed by atoms with van der Waals surface area (Å²) in [6.07, 6.45) is 1.58. The number of halogens is 2. The number of ether oxygens (including phenoxy) is 3. The van der Waals surface area contributed by atoms with Crippen molar-refractivity contribution in [2.75, 3.05) is 13.2 Å². The van der Waals surface area contributed by atoms with E-state index < -0.39 is 11.8 Å². The van der Waals surface area contributed by atoms with Crippen molar-refractivity contribution in [3.63, 3.8) is 0 Å². The molecule has 0 bridgehead atoms. The second-order valence-electron chi connectivity index (χ2n) is 5.51. The SMILES string of the molecule is CCOc1cc(C=C2N=C(c3ccccc3F)OC2=O)cc(I)c1OCC. The van der Waals surface area contributed by atoms with E-state index >= 15 is 0 Å². The number of carbonyl (C=O) groups excluding carboxylic acids is 1. The van der Waals surface area contributed by atoms with Gasteiger partial charge in [0.05, 0.1) is 22.3 Å². The van der Waals surface area contributed by atoms with Crippen molar-refractivity contribution in [1.82, 2.24) is 0 Å². The summed E-state index contributed by atoms with van der Waals surface area (Å²) >= 11 is 2.15. The van der Waals surface area contributed by atoms with Crippen LogP contribution in [0.1, 0.15) is 25.0 Å². The maximum Gasteiger partial charge on any atom is 0.363 e. The van der Waals surface area contributed by atoms with Crippen LogP contribution in [0.25, 0.3) is 6.08 Å². The molecule has 5 nitrogen and oxygen atoms in total. The van der Waals surface area contributed by atoms with E-state index in [2.05, 4.69) is 27.6 Å².